The van der Waals surface area contributed by atoms with Gasteiger partial charge in [-0.15, -0.1) is 0 Å². The van der Waals surface area contributed by atoms with Gasteiger partial charge in [0.1, 0.15) is 10.7 Å². The van der Waals surface area contributed by atoms with E-state index in [-0.39, 0.29) is 12.5 Å². The molecule has 1 unspecified atom stereocenters. The van der Waals surface area contributed by atoms with Crippen molar-refractivity contribution in [2.45, 2.75) is 24.8 Å². The van der Waals surface area contributed by atoms with E-state index in [0.717, 1.165) is 12.1 Å². The van der Waals surface area contributed by atoms with Crippen molar-refractivity contribution in [1.29, 1.82) is 0 Å². The largest absolute Gasteiger partial charge is 0.391 e. The van der Waals surface area contributed by atoms with Crippen LogP contribution in [0.25, 0.3) is 0 Å². The molecule has 0 saturated carbocycles. The fourth-order valence-corrected chi connectivity index (χ4v) is 2.44. The summed E-state index contributed by atoms with van der Waals surface area (Å²) in [5.41, 5.74) is -0.538. The van der Waals surface area contributed by atoms with Gasteiger partial charge in [0.25, 0.3) is 5.69 Å². The molecule has 0 amide bonds. The van der Waals surface area contributed by atoms with E-state index in [1.807, 2.05) is 0 Å². The number of nitrogens with zero attached hydrogens (tertiary/aromatic N) is 1. The Morgan fingerprint density at radius 1 is 1.45 bits per heavy atom. The average molecular weight is 306 g/mol. The lowest BCUT2D eigenvalue weighted by Crippen LogP contribution is -2.35. The summed E-state index contributed by atoms with van der Waals surface area (Å²) in [6.07, 6.45) is -0.911. The van der Waals surface area contributed by atoms with E-state index in [2.05, 4.69) is 4.72 Å². The molecule has 0 radical (unpaired) electrons. The van der Waals surface area contributed by atoms with Gasteiger partial charge in [0.15, 0.2) is 0 Å². The third-order valence-electron chi connectivity index (χ3n) is 2.67. The van der Waals surface area contributed by atoms with Gasteiger partial charge < -0.3 is 5.11 Å². The maximum Gasteiger partial charge on any atom is 0.272 e. The molecule has 0 spiro atoms. The molecule has 0 fully saturated rings. The number of nitro groups is 1. The normalized spacial score (nSPS) is 13.4. The van der Waals surface area contributed by atoms with Crippen molar-refractivity contribution in [3.05, 3.63) is 34.1 Å². The first-order chi connectivity index (χ1) is 9.15. The maximum absolute atomic E-state index is 13.6. The summed E-state index contributed by atoms with van der Waals surface area (Å²) < 4.78 is 39.3. The zero-order chi connectivity index (χ0) is 15.5. The molecule has 20 heavy (non-hydrogen) atoms. The number of hydrogen-bond acceptors (Lipinski definition) is 5. The van der Waals surface area contributed by atoms with Crippen molar-refractivity contribution in [2.75, 3.05) is 6.54 Å². The molecule has 7 nitrogen and oxygen atoms in total. The van der Waals surface area contributed by atoms with E-state index in [9.17, 15) is 28.0 Å². The van der Waals surface area contributed by atoms with E-state index in [1.165, 1.54) is 0 Å². The second-order valence-corrected chi connectivity index (χ2v) is 6.27. The molecule has 1 aromatic rings. The van der Waals surface area contributed by atoms with E-state index < -0.39 is 37.5 Å². The quantitative estimate of drug-likeness (QED) is 0.602. The summed E-state index contributed by atoms with van der Waals surface area (Å²) >= 11 is 0. The summed E-state index contributed by atoms with van der Waals surface area (Å²) in [4.78, 5) is 8.93. The van der Waals surface area contributed by atoms with Crippen LogP contribution in [0.2, 0.25) is 0 Å². The average Bonchev–Trinajstić information content (AvgIpc) is 2.35. The molecular formula is C11H15FN2O5S. The monoisotopic (exact) mass is 306 g/mol. The fraction of sp³-hybridized carbons (Fsp3) is 0.455. The molecular weight excluding hydrogens is 291 g/mol. The Morgan fingerprint density at radius 2 is 2.05 bits per heavy atom. The highest BCUT2D eigenvalue weighted by Gasteiger charge is 2.23. The molecule has 0 heterocycles. The number of aliphatic hydroxyl groups excluding tert-OH is 1. The van der Waals surface area contributed by atoms with Crippen LogP contribution in [0.5, 0.6) is 0 Å². The summed E-state index contributed by atoms with van der Waals surface area (Å²) in [5.74, 6) is -1.38. The van der Waals surface area contributed by atoms with Gasteiger partial charge in [0.05, 0.1) is 17.1 Å². The highest BCUT2D eigenvalue weighted by Crippen LogP contribution is 2.20. The molecule has 0 aromatic heterocycles. The molecule has 9 heteroatoms. The zero-order valence-electron chi connectivity index (χ0n) is 10.9. The van der Waals surface area contributed by atoms with Crippen molar-refractivity contribution >= 4 is 15.7 Å². The van der Waals surface area contributed by atoms with Gasteiger partial charge in [0, 0.05) is 12.6 Å². The summed E-state index contributed by atoms with van der Waals surface area (Å²) in [6.45, 7) is 3.13. The predicted molar refractivity (Wildman–Crippen MR) is 69.1 cm³/mol. The number of nitro benzene ring substituents is 1. The van der Waals surface area contributed by atoms with Crippen LogP contribution < -0.4 is 4.72 Å². The first kappa shape index (κ1) is 16.5. The molecule has 0 aliphatic rings. The molecule has 1 atom stereocenters. The third kappa shape index (κ3) is 3.95. The second kappa shape index (κ2) is 6.25. The Labute approximate surface area is 115 Å². The number of sulfonamides is 1. The van der Waals surface area contributed by atoms with Crippen LogP contribution >= 0.6 is 0 Å². The highest BCUT2D eigenvalue weighted by atomic mass is 32.2. The van der Waals surface area contributed by atoms with Gasteiger partial charge in [0.2, 0.25) is 10.0 Å². The minimum Gasteiger partial charge on any atom is -0.391 e. The van der Waals surface area contributed by atoms with Crippen LogP contribution in [-0.4, -0.2) is 31.1 Å². The SMILES string of the molecule is CC(C)C(O)CNS(=O)(=O)c1ccc([N+](=O)[O-])cc1F. The van der Waals surface area contributed by atoms with Crippen molar-refractivity contribution in [3.63, 3.8) is 0 Å². The van der Waals surface area contributed by atoms with Crippen molar-refractivity contribution in [1.82, 2.24) is 4.72 Å². The Kier molecular flexibility index (Phi) is 5.15. The van der Waals surface area contributed by atoms with E-state index in [0.29, 0.717) is 6.07 Å². The lowest BCUT2D eigenvalue weighted by Gasteiger charge is -2.15. The van der Waals surface area contributed by atoms with E-state index in [1.54, 1.807) is 13.8 Å². The fourth-order valence-electron chi connectivity index (χ4n) is 1.33. The molecule has 1 rings (SSSR count). The third-order valence-corrected chi connectivity index (χ3v) is 4.12. The number of rotatable bonds is 6. The number of non-ortho nitro benzene ring substituents is 1. The van der Waals surface area contributed by atoms with Crippen LogP contribution in [0.1, 0.15) is 13.8 Å². The first-order valence-electron chi connectivity index (χ1n) is 5.77. The van der Waals surface area contributed by atoms with E-state index >= 15 is 0 Å². The van der Waals surface area contributed by atoms with Crippen LogP contribution in [0, 0.1) is 21.8 Å². The number of benzene rings is 1. The molecule has 1 aromatic carbocycles. The molecule has 0 bridgehead atoms. The first-order valence-corrected chi connectivity index (χ1v) is 7.25. The molecule has 112 valence electrons. The van der Waals surface area contributed by atoms with E-state index in [4.69, 9.17) is 0 Å². The Balaban J connectivity index is 2.96. The lowest BCUT2D eigenvalue weighted by molar-refractivity contribution is -0.385. The number of nitrogens with one attached hydrogen (secondary N) is 1. The maximum atomic E-state index is 13.6. The minimum atomic E-state index is -4.17. The minimum absolute atomic E-state index is 0.167. The van der Waals surface area contributed by atoms with Crippen LogP contribution in [0.3, 0.4) is 0 Å². The Morgan fingerprint density at radius 3 is 2.50 bits per heavy atom. The summed E-state index contributed by atoms with van der Waals surface area (Å²) in [6, 6.07) is 2.25. The van der Waals surface area contributed by atoms with Crippen LogP contribution in [0.15, 0.2) is 23.1 Å². The standard InChI is InChI=1S/C11H15FN2O5S/c1-7(2)10(15)6-13-20(18,19)11-4-3-8(14(16)17)5-9(11)12/h3-5,7,10,13,15H,6H2,1-2H3. The van der Waals surface area contributed by atoms with Crippen molar-refractivity contribution in [3.8, 4) is 0 Å². The van der Waals surface area contributed by atoms with Crippen molar-refractivity contribution in [2.24, 2.45) is 5.92 Å². The van der Waals surface area contributed by atoms with Gasteiger partial charge in [-0.05, 0) is 12.0 Å². The number of halogens is 1. The smallest absolute Gasteiger partial charge is 0.272 e. The lowest BCUT2D eigenvalue weighted by atomic mass is 10.1. The Hall–Kier alpha value is -1.58. The van der Waals surface area contributed by atoms with Gasteiger partial charge in [-0.25, -0.2) is 17.5 Å². The van der Waals surface area contributed by atoms with Crippen LogP contribution in [0.4, 0.5) is 10.1 Å². The van der Waals surface area contributed by atoms with Crippen molar-refractivity contribution < 1.29 is 22.8 Å². The summed E-state index contributed by atoms with van der Waals surface area (Å²) in [5, 5.41) is 20.0. The van der Waals surface area contributed by atoms with Gasteiger partial charge in [-0.2, -0.15) is 0 Å². The molecule has 0 aliphatic heterocycles. The predicted octanol–water partition coefficient (Wildman–Crippen LogP) is 1.03. The Bertz CT molecular complexity index is 603. The topological polar surface area (TPSA) is 110 Å². The van der Waals surface area contributed by atoms with Gasteiger partial charge in [-0.1, -0.05) is 13.8 Å². The number of aliphatic hydroxyl groups is 1. The molecule has 0 aliphatic carbocycles. The second-order valence-electron chi connectivity index (χ2n) is 4.54. The number of hydrogen-bond donors (Lipinski definition) is 2. The van der Waals surface area contributed by atoms with Gasteiger partial charge in [-0.3, -0.25) is 10.1 Å². The van der Waals surface area contributed by atoms with Gasteiger partial charge >= 0.3 is 0 Å². The highest BCUT2D eigenvalue weighted by molar-refractivity contribution is 7.89. The molecule has 2 N–H and O–H groups in total. The zero-order valence-corrected chi connectivity index (χ0v) is 11.7. The van der Waals surface area contributed by atoms with Crippen LogP contribution in [-0.2, 0) is 10.0 Å². The summed E-state index contributed by atoms with van der Waals surface area (Å²) in [7, 11) is -4.17. The molecule has 0 saturated heterocycles.